The van der Waals surface area contributed by atoms with Gasteiger partial charge >= 0.3 is 0 Å². The molecular weight excluding hydrogens is 266 g/mol. The van der Waals surface area contributed by atoms with E-state index in [2.05, 4.69) is 11.4 Å². The van der Waals surface area contributed by atoms with Crippen molar-refractivity contribution in [2.24, 2.45) is 5.73 Å². The molecule has 1 unspecified atom stereocenters. The standard InChI is InChI=1S/C16H15N3O2/c1-11(18)16(20)19-13-5-3-7-15(9-13)21-14-6-2-4-12(8-14)10-17/h2-9,11H,18H2,1H3,(H,19,20). The number of carbonyl (C=O) groups excluding carboxylic acids is 1. The SMILES string of the molecule is CC(N)C(=O)Nc1cccc(Oc2cccc(C#N)c2)c1. The molecular formula is C16H15N3O2. The van der Waals surface area contributed by atoms with Crippen LogP contribution in [-0.4, -0.2) is 11.9 Å². The number of carbonyl (C=O) groups is 1. The van der Waals surface area contributed by atoms with Gasteiger partial charge in [0.1, 0.15) is 11.5 Å². The van der Waals surface area contributed by atoms with Gasteiger partial charge in [0, 0.05) is 11.8 Å². The number of amides is 1. The molecule has 0 spiro atoms. The van der Waals surface area contributed by atoms with Crippen LogP contribution in [0.15, 0.2) is 48.5 Å². The van der Waals surface area contributed by atoms with Crippen molar-refractivity contribution in [2.75, 3.05) is 5.32 Å². The van der Waals surface area contributed by atoms with Gasteiger partial charge in [-0.3, -0.25) is 4.79 Å². The molecule has 0 aliphatic rings. The van der Waals surface area contributed by atoms with Crippen molar-refractivity contribution in [3.8, 4) is 17.6 Å². The summed E-state index contributed by atoms with van der Waals surface area (Å²) >= 11 is 0. The van der Waals surface area contributed by atoms with E-state index in [0.29, 0.717) is 22.7 Å². The minimum absolute atomic E-state index is 0.265. The Bertz CT molecular complexity index is 690. The first kappa shape index (κ1) is 14.6. The largest absolute Gasteiger partial charge is 0.457 e. The molecule has 5 heteroatoms. The molecule has 0 bridgehead atoms. The van der Waals surface area contributed by atoms with Crippen LogP contribution in [0.4, 0.5) is 5.69 Å². The monoisotopic (exact) mass is 281 g/mol. The maximum atomic E-state index is 11.6. The Morgan fingerprint density at radius 1 is 1.24 bits per heavy atom. The first-order valence-electron chi connectivity index (χ1n) is 6.43. The lowest BCUT2D eigenvalue weighted by atomic mass is 10.2. The van der Waals surface area contributed by atoms with Crippen LogP contribution in [0.1, 0.15) is 12.5 Å². The van der Waals surface area contributed by atoms with Gasteiger partial charge in [-0.25, -0.2) is 0 Å². The van der Waals surface area contributed by atoms with Gasteiger partial charge in [0.05, 0.1) is 17.7 Å². The van der Waals surface area contributed by atoms with Crippen LogP contribution < -0.4 is 15.8 Å². The molecule has 1 amide bonds. The average Bonchev–Trinajstić information content (AvgIpc) is 2.47. The van der Waals surface area contributed by atoms with Gasteiger partial charge in [0.15, 0.2) is 0 Å². The molecule has 3 N–H and O–H groups in total. The molecule has 0 saturated carbocycles. The minimum atomic E-state index is -0.582. The third kappa shape index (κ3) is 4.06. The summed E-state index contributed by atoms with van der Waals surface area (Å²) in [6.07, 6.45) is 0. The summed E-state index contributed by atoms with van der Waals surface area (Å²) in [6.45, 7) is 1.61. The van der Waals surface area contributed by atoms with E-state index in [-0.39, 0.29) is 5.91 Å². The first-order valence-corrected chi connectivity index (χ1v) is 6.43. The summed E-state index contributed by atoms with van der Waals surface area (Å²) in [7, 11) is 0. The summed E-state index contributed by atoms with van der Waals surface area (Å²) in [4.78, 5) is 11.6. The quantitative estimate of drug-likeness (QED) is 0.901. The van der Waals surface area contributed by atoms with Gasteiger partial charge in [-0.2, -0.15) is 5.26 Å². The fraction of sp³-hybridized carbons (Fsp3) is 0.125. The van der Waals surface area contributed by atoms with Crippen molar-refractivity contribution in [1.29, 1.82) is 5.26 Å². The molecule has 2 aromatic carbocycles. The molecule has 21 heavy (non-hydrogen) atoms. The maximum absolute atomic E-state index is 11.6. The van der Waals surface area contributed by atoms with Crippen LogP contribution in [0.3, 0.4) is 0 Å². The highest BCUT2D eigenvalue weighted by Crippen LogP contribution is 2.24. The van der Waals surface area contributed by atoms with Crippen LogP contribution in [0.2, 0.25) is 0 Å². The number of hydrogen-bond acceptors (Lipinski definition) is 4. The van der Waals surface area contributed by atoms with Crippen molar-refractivity contribution in [2.45, 2.75) is 13.0 Å². The van der Waals surface area contributed by atoms with Crippen LogP contribution in [-0.2, 0) is 4.79 Å². The minimum Gasteiger partial charge on any atom is -0.457 e. The predicted molar refractivity (Wildman–Crippen MR) is 80.0 cm³/mol. The highest BCUT2D eigenvalue weighted by Gasteiger charge is 2.08. The van der Waals surface area contributed by atoms with E-state index in [0.717, 1.165) is 0 Å². The van der Waals surface area contributed by atoms with Crippen molar-refractivity contribution in [1.82, 2.24) is 0 Å². The smallest absolute Gasteiger partial charge is 0.241 e. The first-order chi connectivity index (χ1) is 10.1. The Hall–Kier alpha value is -2.84. The number of nitriles is 1. The number of ether oxygens (including phenoxy) is 1. The second-order valence-corrected chi connectivity index (χ2v) is 4.55. The van der Waals surface area contributed by atoms with E-state index in [1.807, 2.05) is 0 Å². The summed E-state index contributed by atoms with van der Waals surface area (Å²) in [5.74, 6) is 0.857. The second kappa shape index (κ2) is 6.55. The predicted octanol–water partition coefficient (Wildman–Crippen LogP) is 2.64. The van der Waals surface area contributed by atoms with E-state index < -0.39 is 6.04 Å². The number of benzene rings is 2. The van der Waals surface area contributed by atoms with Gasteiger partial charge in [0.2, 0.25) is 5.91 Å². The van der Waals surface area contributed by atoms with E-state index in [1.54, 1.807) is 55.5 Å². The van der Waals surface area contributed by atoms with Gasteiger partial charge in [0.25, 0.3) is 0 Å². The molecule has 0 fully saturated rings. The van der Waals surface area contributed by atoms with Crippen LogP contribution in [0.5, 0.6) is 11.5 Å². The fourth-order valence-corrected chi connectivity index (χ4v) is 1.66. The Morgan fingerprint density at radius 2 is 1.90 bits per heavy atom. The number of anilines is 1. The van der Waals surface area contributed by atoms with E-state index in [1.165, 1.54) is 0 Å². The Kier molecular flexibility index (Phi) is 4.54. The number of hydrogen-bond donors (Lipinski definition) is 2. The molecule has 1 atom stereocenters. The second-order valence-electron chi connectivity index (χ2n) is 4.55. The highest BCUT2D eigenvalue weighted by molar-refractivity contribution is 5.94. The van der Waals surface area contributed by atoms with Crippen molar-refractivity contribution in [3.63, 3.8) is 0 Å². The molecule has 5 nitrogen and oxygen atoms in total. The Balaban J connectivity index is 2.14. The maximum Gasteiger partial charge on any atom is 0.241 e. The summed E-state index contributed by atoms with van der Waals surface area (Å²) < 4.78 is 5.67. The lowest BCUT2D eigenvalue weighted by Crippen LogP contribution is -2.32. The molecule has 0 aliphatic heterocycles. The highest BCUT2D eigenvalue weighted by atomic mass is 16.5. The molecule has 2 rings (SSSR count). The summed E-state index contributed by atoms with van der Waals surface area (Å²) in [6, 6.07) is 15.3. The summed E-state index contributed by atoms with van der Waals surface area (Å²) in [5.41, 5.74) is 6.63. The molecule has 106 valence electrons. The van der Waals surface area contributed by atoms with Gasteiger partial charge < -0.3 is 15.8 Å². The third-order valence-electron chi connectivity index (χ3n) is 2.71. The fourth-order valence-electron chi connectivity index (χ4n) is 1.66. The third-order valence-corrected chi connectivity index (χ3v) is 2.71. The van der Waals surface area contributed by atoms with Crippen LogP contribution >= 0.6 is 0 Å². The average molecular weight is 281 g/mol. The van der Waals surface area contributed by atoms with E-state index >= 15 is 0 Å². The molecule has 0 saturated heterocycles. The van der Waals surface area contributed by atoms with Gasteiger partial charge in [-0.05, 0) is 37.3 Å². The zero-order valence-corrected chi connectivity index (χ0v) is 11.5. The van der Waals surface area contributed by atoms with Crippen LogP contribution in [0, 0.1) is 11.3 Å². The number of nitrogens with zero attached hydrogens (tertiary/aromatic N) is 1. The number of nitrogens with two attached hydrogens (primary N) is 1. The normalized spacial score (nSPS) is 11.3. The molecule has 0 radical (unpaired) electrons. The molecule has 0 heterocycles. The number of rotatable bonds is 4. The van der Waals surface area contributed by atoms with Gasteiger partial charge in [-0.1, -0.05) is 12.1 Å². The van der Waals surface area contributed by atoms with Crippen molar-refractivity contribution >= 4 is 11.6 Å². The zero-order chi connectivity index (χ0) is 15.2. The van der Waals surface area contributed by atoms with Crippen LogP contribution in [0.25, 0.3) is 0 Å². The molecule has 0 aliphatic carbocycles. The van der Waals surface area contributed by atoms with Gasteiger partial charge in [-0.15, -0.1) is 0 Å². The lowest BCUT2D eigenvalue weighted by Gasteiger charge is -2.10. The molecule has 2 aromatic rings. The zero-order valence-electron chi connectivity index (χ0n) is 11.5. The Morgan fingerprint density at radius 3 is 2.57 bits per heavy atom. The molecule has 0 aromatic heterocycles. The van der Waals surface area contributed by atoms with Crippen molar-refractivity contribution in [3.05, 3.63) is 54.1 Å². The van der Waals surface area contributed by atoms with E-state index in [9.17, 15) is 4.79 Å². The number of nitrogens with one attached hydrogen (secondary N) is 1. The lowest BCUT2D eigenvalue weighted by molar-refractivity contribution is -0.117. The topological polar surface area (TPSA) is 88.1 Å². The van der Waals surface area contributed by atoms with Crippen molar-refractivity contribution < 1.29 is 9.53 Å². The Labute approximate surface area is 123 Å². The summed E-state index contributed by atoms with van der Waals surface area (Å²) in [5, 5.41) is 11.6. The van der Waals surface area contributed by atoms with E-state index in [4.69, 9.17) is 15.7 Å².